The summed E-state index contributed by atoms with van der Waals surface area (Å²) < 4.78 is 42.4. The summed E-state index contributed by atoms with van der Waals surface area (Å²) in [6.45, 7) is 8.10. The number of hydrogen-bond donors (Lipinski definition) is 0. The van der Waals surface area contributed by atoms with Gasteiger partial charge in [0.1, 0.15) is 0 Å². The van der Waals surface area contributed by atoms with E-state index in [-0.39, 0.29) is 5.91 Å². The van der Waals surface area contributed by atoms with Crippen LogP contribution in [-0.2, 0) is 11.9 Å². The van der Waals surface area contributed by atoms with Crippen LogP contribution in [0.1, 0.15) is 34.0 Å². The summed E-state index contributed by atoms with van der Waals surface area (Å²) in [6.07, 6.45) is -4.48. The minimum Gasteiger partial charge on any atom is -0.336 e. The van der Waals surface area contributed by atoms with Crippen LogP contribution in [0.15, 0.2) is 78.0 Å². The Morgan fingerprint density at radius 1 is 0.925 bits per heavy atom. The third-order valence-corrected chi connectivity index (χ3v) is 8.06. The second-order valence-electron chi connectivity index (χ2n) is 9.73. The van der Waals surface area contributed by atoms with Crippen molar-refractivity contribution < 1.29 is 18.0 Å². The van der Waals surface area contributed by atoms with Crippen molar-refractivity contribution in [1.29, 1.82) is 0 Å². The molecule has 0 saturated carbocycles. The van der Waals surface area contributed by atoms with Gasteiger partial charge in [-0.05, 0) is 43.3 Å². The van der Waals surface area contributed by atoms with Crippen LogP contribution < -0.4 is 0 Å². The van der Waals surface area contributed by atoms with Crippen LogP contribution in [0.25, 0.3) is 17.1 Å². The van der Waals surface area contributed by atoms with Crippen molar-refractivity contribution in [2.75, 3.05) is 32.7 Å². The van der Waals surface area contributed by atoms with Crippen LogP contribution in [0.5, 0.6) is 0 Å². The van der Waals surface area contributed by atoms with Crippen molar-refractivity contribution in [2.24, 2.45) is 0 Å². The van der Waals surface area contributed by atoms with E-state index in [1.807, 2.05) is 60.4 Å². The fourth-order valence-electron chi connectivity index (χ4n) is 4.74. The van der Waals surface area contributed by atoms with Crippen LogP contribution in [0, 0.1) is 6.92 Å². The van der Waals surface area contributed by atoms with Gasteiger partial charge in [0.2, 0.25) is 0 Å². The number of halogens is 3. The number of thioether (sulfide) groups is 1. The summed E-state index contributed by atoms with van der Waals surface area (Å²) in [6, 6.07) is 20.3. The lowest BCUT2D eigenvalue weighted by Gasteiger charge is -2.34. The molecule has 1 aliphatic heterocycles. The quantitative estimate of drug-likeness (QED) is 0.245. The van der Waals surface area contributed by atoms with E-state index < -0.39 is 11.7 Å². The number of carbonyl (C=O) groups is 1. The molecule has 1 amide bonds. The number of likely N-dealkylation sites (N-methyl/N-ethyl adjacent to an activating group) is 1. The Labute approximate surface area is 235 Å². The monoisotopic (exact) mass is 565 g/mol. The van der Waals surface area contributed by atoms with Crippen LogP contribution >= 0.6 is 11.8 Å². The molecule has 0 N–H and O–H groups in total. The highest BCUT2D eigenvalue weighted by Gasteiger charge is 2.31. The number of aromatic nitrogens is 3. The Morgan fingerprint density at radius 3 is 2.35 bits per heavy atom. The summed E-state index contributed by atoms with van der Waals surface area (Å²) in [7, 11) is 0. The molecule has 40 heavy (non-hydrogen) atoms. The van der Waals surface area contributed by atoms with Gasteiger partial charge in [0.05, 0.1) is 11.3 Å². The van der Waals surface area contributed by atoms with E-state index in [2.05, 4.69) is 22.0 Å². The second-order valence-corrected chi connectivity index (χ2v) is 10.7. The lowest BCUT2D eigenvalue weighted by Crippen LogP contribution is -2.48. The second kappa shape index (κ2) is 11.9. The Bertz CT molecular complexity index is 1480. The van der Waals surface area contributed by atoms with Crippen LogP contribution in [0.2, 0.25) is 0 Å². The van der Waals surface area contributed by atoms with E-state index in [0.29, 0.717) is 41.1 Å². The molecule has 0 unspecified atom stereocenters. The molecule has 1 saturated heterocycles. The van der Waals surface area contributed by atoms with Crippen LogP contribution in [0.4, 0.5) is 13.2 Å². The molecule has 1 fully saturated rings. The number of hydrogen-bond acceptors (Lipinski definition) is 5. The van der Waals surface area contributed by atoms with E-state index in [9.17, 15) is 18.0 Å². The fraction of sp³-hybridized carbons (Fsp3) is 0.300. The zero-order chi connectivity index (χ0) is 28.3. The van der Waals surface area contributed by atoms with Crippen molar-refractivity contribution in [3.8, 4) is 17.1 Å². The third-order valence-electron chi connectivity index (χ3n) is 7.09. The molecule has 5 rings (SSSR count). The van der Waals surface area contributed by atoms with Crippen molar-refractivity contribution in [3.05, 3.63) is 95.1 Å². The number of amides is 1. The molecule has 2 heterocycles. The van der Waals surface area contributed by atoms with Gasteiger partial charge in [-0.25, -0.2) is 0 Å². The molecule has 6 nitrogen and oxygen atoms in total. The Morgan fingerprint density at radius 2 is 1.65 bits per heavy atom. The number of benzene rings is 3. The molecule has 3 aromatic carbocycles. The smallest absolute Gasteiger partial charge is 0.336 e. The zero-order valence-electron chi connectivity index (χ0n) is 22.4. The van der Waals surface area contributed by atoms with Crippen molar-refractivity contribution in [3.63, 3.8) is 0 Å². The van der Waals surface area contributed by atoms with E-state index in [0.717, 1.165) is 48.5 Å². The number of nitrogens with zero attached hydrogens (tertiary/aromatic N) is 5. The Hall–Kier alpha value is -3.63. The average molecular weight is 566 g/mol. The highest BCUT2D eigenvalue weighted by atomic mass is 32.2. The lowest BCUT2D eigenvalue weighted by atomic mass is 10.1. The molecular formula is C30H30F3N5OS. The number of piperazine rings is 1. The van der Waals surface area contributed by atoms with E-state index in [1.165, 1.54) is 17.8 Å². The summed E-state index contributed by atoms with van der Waals surface area (Å²) in [5.74, 6) is 0.841. The van der Waals surface area contributed by atoms with Gasteiger partial charge in [-0.1, -0.05) is 72.8 Å². The lowest BCUT2D eigenvalue weighted by molar-refractivity contribution is -0.137. The molecule has 0 atom stereocenters. The molecule has 0 bridgehead atoms. The SMILES string of the molecule is CCN1CCN(C(=O)c2ccccc2CSc2nnc(-c3ccc(C)cc3)n2-c2cccc(C(F)(F)F)c2)CC1. The minimum absolute atomic E-state index is 0.00774. The van der Waals surface area contributed by atoms with Gasteiger partial charge < -0.3 is 9.80 Å². The average Bonchev–Trinajstić information content (AvgIpc) is 3.40. The van der Waals surface area contributed by atoms with E-state index in [1.54, 1.807) is 10.6 Å². The molecule has 4 aromatic rings. The van der Waals surface area contributed by atoms with Crippen molar-refractivity contribution >= 4 is 17.7 Å². The molecule has 0 aliphatic carbocycles. The first-order valence-electron chi connectivity index (χ1n) is 13.2. The molecule has 1 aromatic heterocycles. The molecule has 10 heteroatoms. The van der Waals surface area contributed by atoms with E-state index in [4.69, 9.17) is 0 Å². The first kappa shape index (κ1) is 27.9. The number of rotatable bonds is 7. The van der Waals surface area contributed by atoms with Crippen LogP contribution in [-0.4, -0.2) is 63.2 Å². The maximum absolute atomic E-state index is 13.6. The summed E-state index contributed by atoms with van der Waals surface area (Å²) >= 11 is 1.34. The molecule has 0 spiro atoms. The third kappa shape index (κ3) is 6.08. The normalized spacial score (nSPS) is 14.5. The van der Waals surface area contributed by atoms with Gasteiger partial charge in [-0.15, -0.1) is 10.2 Å². The maximum atomic E-state index is 13.6. The van der Waals surface area contributed by atoms with E-state index >= 15 is 0 Å². The Kier molecular flexibility index (Phi) is 8.27. The van der Waals surface area contributed by atoms with Gasteiger partial charge in [-0.3, -0.25) is 9.36 Å². The summed E-state index contributed by atoms with van der Waals surface area (Å²) in [4.78, 5) is 17.6. The number of alkyl halides is 3. The number of aryl methyl sites for hydroxylation is 1. The standard InChI is InChI=1S/C30H30F3N5OS/c1-3-36-15-17-37(18-16-36)28(39)26-10-5-4-7-23(26)20-40-29-35-34-27(22-13-11-21(2)12-14-22)38(29)25-9-6-8-24(19-25)30(31,32)33/h4-14,19H,3,15-18,20H2,1-2H3. The number of carbonyl (C=O) groups excluding carboxylic acids is 1. The molecule has 208 valence electrons. The van der Waals surface area contributed by atoms with Gasteiger partial charge in [-0.2, -0.15) is 13.2 Å². The fourth-order valence-corrected chi connectivity index (χ4v) is 5.70. The predicted octanol–water partition coefficient (Wildman–Crippen LogP) is 6.33. The highest BCUT2D eigenvalue weighted by Crippen LogP contribution is 2.34. The molecule has 1 aliphatic rings. The summed E-state index contributed by atoms with van der Waals surface area (Å²) in [5.41, 5.74) is 2.83. The topological polar surface area (TPSA) is 54.3 Å². The predicted molar refractivity (Wildman–Crippen MR) is 151 cm³/mol. The first-order valence-corrected chi connectivity index (χ1v) is 14.2. The Balaban J connectivity index is 1.46. The van der Waals surface area contributed by atoms with Crippen LogP contribution in [0.3, 0.4) is 0 Å². The van der Waals surface area contributed by atoms with Gasteiger partial charge >= 0.3 is 6.18 Å². The maximum Gasteiger partial charge on any atom is 0.416 e. The van der Waals surface area contributed by atoms with Gasteiger partial charge in [0, 0.05) is 43.1 Å². The molecule has 0 radical (unpaired) electrons. The van der Waals surface area contributed by atoms with Crippen molar-refractivity contribution in [2.45, 2.75) is 30.9 Å². The van der Waals surface area contributed by atoms with Gasteiger partial charge in [0.25, 0.3) is 5.91 Å². The largest absolute Gasteiger partial charge is 0.416 e. The highest BCUT2D eigenvalue weighted by molar-refractivity contribution is 7.98. The summed E-state index contributed by atoms with van der Waals surface area (Å²) in [5, 5.41) is 9.19. The van der Waals surface area contributed by atoms with Gasteiger partial charge in [0.15, 0.2) is 11.0 Å². The first-order chi connectivity index (χ1) is 19.2. The minimum atomic E-state index is -4.48. The molecular weight excluding hydrogens is 535 g/mol. The van der Waals surface area contributed by atoms with Crippen molar-refractivity contribution in [1.82, 2.24) is 24.6 Å². The zero-order valence-corrected chi connectivity index (χ0v) is 23.2.